The topological polar surface area (TPSA) is 68.0 Å². The van der Waals surface area contributed by atoms with Crippen LogP contribution in [-0.4, -0.2) is 16.9 Å². The number of hydrogen-bond acceptors (Lipinski definition) is 4. The highest BCUT2D eigenvalue weighted by molar-refractivity contribution is 7.15. The molecule has 2 atom stereocenters. The first-order chi connectivity index (χ1) is 7.65. The number of nitrogens with zero attached hydrogens (tertiary/aromatic N) is 1. The Balaban J connectivity index is 0.00000144. The van der Waals surface area contributed by atoms with Crippen LogP contribution in [0.4, 0.5) is 5.13 Å². The molecule has 3 N–H and O–H groups in total. The Morgan fingerprint density at radius 2 is 2.41 bits per heavy atom. The van der Waals surface area contributed by atoms with Crippen LogP contribution in [0.2, 0.25) is 0 Å². The molecule has 0 unspecified atom stereocenters. The van der Waals surface area contributed by atoms with Gasteiger partial charge in [-0.3, -0.25) is 4.79 Å². The van der Waals surface area contributed by atoms with Gasteiger partial charge in [-0.1, -0.05) is 6.42 Å². The summed E-state index contributed by atoms with van der Waals surface area (Å²) < 4.78 is 0. The van der Waals surface area contributed by atoms with E-state index in [4.69, 9.17) is 5.73 Å². The standard InChI is InChI=1S/C11H17N3OS.ClH/c1-7-6-13-11(16-7)14-10(15)5-8-3-2-4-9(8)12;/h6,8-9H,2-5,12H2,1H3,(H,13,14,15);1H/t8-,9+;/m0./s1. The normalized spacial score (nSPS) is 23.2. The quantitative estimate of drug-likeness (QED) is 0.890. The molecule has 6 heteroatoms. The van der Waals surface area contributed by atoms with Crippen molar-refractivity contribution in [3.8, 4) is 0 Å². The minimum absolute atomic E-state index is 0. The summed E-state index contributed by atoms with van der Waals surface area (Å²) in [6.07, 6.45) is 5.57. The Morgan fingerprint density at radius 3 is 2.94 bits per heavy atom. The minimum Gasteiger partial charge on any atom is -0.327 e. The predicted octanol–water partition coefficient (Wildman–Crippen LogP) is 2.33. The van der Waals surface area contributed by atoms with E-state index in [0.717, 1.165) is 24.1 Å². The highest BCUT2D eigenvalue weighted by Gasteiger charge is 2.26. The number of aryl methyl sites for hydroxylation is 1. The van der Waals surface area contributed by atoms with E-state index in [0.29, 0.717) is 17.5 Å². The number of amides is 1. The molecule has 4 nitrogen and oxygen atoms in total. The van der Waals surface area contributed by atoms with Crippen LogP contribution in [-0.2, 0) is 4.79 Å². The average Bonchev–Trinajstić information content (AvgIpc) is 2.77. The smallest absolute Gasteiger partial charge is 0.226 e. The highest BCUT2D eigenvalue weighted by atomic mass is 35.5. The molecule has 1 amide bonds. The van der Waals surface area contributed by atoms with E-state index in [1.165, 1.54) is 11.3 Å². The Kier molecular flexibility index (Phi) is 5.36. The van der Waals surface area contributed by atoms with Crippen LogP contribution in [0.5, 0.6) is 0 Å². The number of nitrogens with two attached hydrogens (primary N) is 1. The van der Waals surface area contributed by atoms with E-state index in [1.807, 2.05) is 6.92 Å². The highest BCUT2D eigenvalue weighted by Crippen LogP contribution is 2.27. The first-order valence-corrected chi connectivity index (χ1v) is 6.44. The maximum absolute atomic E-state index is 11.7. The van der Waals surface area contributed by atoms with E-state index in [9.17, 15) is 4.79 Å². The molecular formula is C11H18ClN3OS. The van der Waals surface area contributed by atoms with Crippen LogP contribution in [0, 0.1) is 12.8 Å². The van der Waals surface area contributed by atoms with Crippen LogP contribution in [0.25, 0.3) is 0 Å². The van der Waals surface area contributed by atoms with E-state index in [-0.39, 0.29) is 24.4 Å². The van der Waals surface area contributed by atoms with Gasteiger partial charge in [0, 0.05) is 23.5 Å². The van der Waals surface area contributed by atoms with Crippen LogP contribution < -0.4 is 11.1 Å². The van der Waals surface area contributed by atoms with Crippen molar-refractivity contribution in [2.24, 2.45) is 11.7 Å². The van der Waals surface area contributed by atoms with Gasteiger partial charge in [0.05, 0.1) is 0 Å². The first-order valence-electron chi connectivity index (χ1n) is 5.63. The molecule has 2 rings (SSSR count). The lowest BCUT2D eigenvalue weighted by atomic mass is 10.00. The number of carbonyl (C=O) groups excluding carboxylic acids is 1. The third-order valence-corrected chi connectivity index (χ3v) is 3.86. The van der Waals surface area contributed by atoms with Crippen LogP contribution >= 0.6 is 23.7 Å². The second kappa shape index (κ2) is 6.33. The SMILES string of the molecule is Cc1cnc(NC(=O)C[C@@H]2CCC[C@H]2N)s1.Cl. The molecule has 1 aliphatic rings. The third kappa shape index (κ3) is 3.94. The molecule has 1 fully saturated rings. The summed E-state index contributed by atoms with van der Waals surface area (Å²) in [5.41, 5.74) is 5.93. The number of hydrogen-bond donors (Lipinski definition) is 2. The predicted molar refractivity (Wildman–Crippen MR) is 72.7 cm³/mol. The van der Waals surface area contributed by atoms with Crippen molar-refractivity contribution >= 4 is 34.8 Å². The zero-order valence-corrected chi connectivity index (χ0v) is 11.4. The first kappa shape index (κ1) is 14.4. The van der Waals surface area contributed by atoms with E-state index in [2.05, 4.69) is 10.3 Å². The summed E-state index contributed by atoms with van der Waals surface area (Å²) in [7, 11) is 0. The van der Waals surface area contributed by atoms with Crippen LogP contribution in [0.1, 0.15) is 30.6 Å². The van der Waals surface area contributed by atoms with Gasteiger partial charge in [0.2, 0.25) is 5.91 Å². The van der Waals surface area contributed by atoms with Gasteiger partial charge >= 0.3 is 0 Å². The minimum atomic E-state index is 0. The van der Waals surface area contributed by atoms with Gasteiger partial charge in [-0.25, -0.2) is 4.98 Å². The van der Waals surface area contributed by atoms with Gasteiger partial charge in [0.15, 0.2) is 5.13 Å². The average molecular weight is 276 g/mol. The largest absolute Gasteiger partial charge is 0.327 e. The molecule has 0 aliphatic heterocycles. The Bertz CT molecular complexity index is 383. The van der Waals surface area contributed by atoms with E-state index < -0.39 is 0 Å². The van der Waals surface area contributed by atoms with Gasteiger partial charge < -0.3 is 11.1 Å². The van der Waals surface area contributed by atoms with Gasteiger partial charge in [0.25, 0.3) is 0 Å². The Morgan fingerprint density at radius 1 is 1.65 bits per heavy atom. The molecule has 96 valence electrons. The number of aromatic nitrogens is 1. The molecule has 0 saturated heterocycles. The molecule has 1 aromatic rings. The molecular weight excluding hydrogens is 258 g/mol. The third-order valence-electron chi connectivity index (χ3n) is 3.03. The molecule has 1 aliphatic carbocycles. The summed E-state index contributed by atoms with van der Waals surface area (Å²) in [4.78, 5) is 16.9. The summed E-state index contributed by atoms with van der Waals surface area (Å²) in [5, 5.41) is 3.51. The van der Waals surface area contributed by atoms with Crippen LogP contribution in [0.3, 0.4) is 0 Å². The summed E-state index contributed by atoms with van der Waals surface area (Å²) in [6, 6.07) is 0.198. The number of anilines is 1. The second-order valence-corrected chi connectivity index (χ2v) is 5.62. The second-order valence-electron chi connectivity index (χ2n) is 4.38. The Labute approximate surface area is 111 Å². The number of thiazole rings is 1. The van der Waals surface area contributed by atoms with E-state index >= 15 is 0 Å². The van der Waals surface area contributed by atoms with Gasteiger partial charge in [-0.2, -0.15) is 0 Å². The van der Waals surface area contributed by atoms with Crippen molar-refractivity contribution in [2.75, 3.05) is 5.32 Å². The molecule has 0 spiro atoms. The molecule has 1 aromatic heterocycles. The number of halogens is 1. The fourth-order valence-corrected chi connectivity index (χ4v) is 2.82. The zero-order valence-electron chi connectivity index (χ0n) is 9.81. The maximum atomic E-state index is 11.7. The Hall–Kier alpha value is -0.650. The van der Waals surface area contributed by atoms with Crippen molar-refractivity contribution in [1.29, 1.82) is 0 Å². The monoisotopic (exact) mass is 275 g/mol. The molecule has 17 heavy (non-hydrogen) atoms. The zero-order chi connectivity index (χ0) is 11.5. The van der Waals surface area contributed by atoms with Crippen molar-refractivity contribution in [2.45, 2.75) is 38.6 Å². The maximum Gasteiger partial charge on any atom is 0.226 e. The molecule has 1 heterocycles. The lowest BCUT2D eigenvalue weighted by Crippen LogP contribution is -2.28. The summed E-state index contributed by atoms with van der Waals surface area (Å²) in [6.45, 7) is 1.97. The number of carbonyl (C=O) groups is 1. The molecule has 0 bridgehead atoms. The van der Waals surface area contributed by atoms with Gasteiger partial charge in [-0.05, 0) is 25.7 Å². The lowest BCUT2D eigenvalue weighted by Gasteiger charge is -2.13. The van der Waals surface area contributed by atoms with Gasteiger partial charge in [-0.15, -0.1) is 23.7 Å². The van der Waals surface area contributed by atoms with Crippen molar-refractivity contribution in [1.82, 2.24) is 4.98 Å². The van der Waals surface area contributed by atoms with Crippen molar-refractivity contribution < 1.29 is 4.79 Å². The summed E-state index contributed by atoms with van der Waals surface area (Å²) >= 11 is 1.50. The number of rotatable bonds is 3. The molecule has 0 radical (unpaired) electrons. The lowest BCUT2D eigenvalue weighted by molar-refractivity contribution is -0.117. The van der Waals surface area contributed by atoms with E-state index in [1.54, 1.807) is 6.20 Å². The molecule has 0 aromatic carbocycles. The van der Waals surface area contributed by atoms with Gasteiger partial charge in [0.1, 0.15) is 0 Å². The fraction of sp³-hybridized carbons (Fsp3) is 0.636. The summed E-state index contributed by atoms with van der Waals surface area (Å²) in [5.74, 6) is 0.387. The molecule has 1 saturated carbocycles. The van der Waals surface area contributed by atoms with Crippen molar-refractivity contribution in [3.63, 3.8) is 0 Å². The number of nitrogens with one attached hydrogen (secondary N) is 1. The van der Waals surface area contributed by atoms with Crippen molar-refractivity contribution in [3.05, 3.63) is 11.1 Å². The van der Waals surface area contributed by atoms with Crippen LogP contribution in [0.15, 0.2) is 6.20 Å². The fourth-order valence-electron chi connectivity index (χ4n) is 2.14.